The van der Waals surface area contributed by atoms with E-state index in [1.54, 1.807) is 13.3 Å². The van der Waals surface area contributed by atoms with Crippen LogP contribution in [0.4, 0.5) is 0 Å². The Kier molecular flexibility index (Phi) is 5.62. The maximum Gasteiger partial charge on any atom is 0.252 e. The maximum atomic E-state index is 13.5. The standard InChI is InChI=1S/C26H31N3O3Si/c1-16-6-7-18(32-25(33)22-8-12-29(22)2)14-20(16)24(30)28-26(9-10-26)21-15-19(31-3)13-17-5-4-11-27-23(17)21/h4-7,11,13-15,22,25H,8-10,12H2,1-3,33H3,(H,28,30)/t22-,25-/m0/s1. The lowest BCUT2D eigenvalue weighted by atomic mass is 9.99. The summed E-state index contributed by atoms with van der Waals surface area (Å²) in [4.78, 5) is 20.4. The lowest BCUT2D eigenvalue weighted by Crippen LogP contribution is -2.53. The molecule has 1 aliphatic heterocycles. The number of hydrogen-bond acceptors (Lipinski definition) is 5. The summed E-state index contributed by atoms with van der Waals surface area (Å²) >= 11 is 0. The van der Waals surface area contributed by atoms with Crippen molar-refractivity contribution < 1.29 is 14.3 Å². The largest absolute Gasteiger partial charge is 0.497 e. The molecule has 0 radical (unpaired) electrons. The molecule has 3 aromatic rings. The van der Waals surface area contributed by atoms with E-state index in [0.29, 0.717) is 11.6 Å². The fraction of sp³-hybridized carbons (Fsp3) is 0.385. The van der Waals surface area contributed by atoms with Gasteiger partial charge in [0.2, 0.25) is 0 Å². The molecule has 5 rings (SSSR count). The predicted octanol–water partition coefficient (Wildman–Crippen LogP) is 2.75. The van der Waals surface area contributed by atoms with Crippen LogP contribution in [-0.2, 0) is 5.54 Å². The van der Waals surface area contributed by atoms with Gasteiger partial charge >= 0.3 is 0 Å². The zero-order valence-electron chi connectivity index (χ0n) is 19.7. The topological polar surface area (TPSA) is 63.7 Å². The number of fused-ring (bicyclic) bond motifs is 1. The molecule has 2 heterocycles. The third-order valence-electron chi connectivity index (χ3n) is 7.19. The molecule has 0 bridgehead atoms. The van der Waals surface area contributed by atoms with E-state index in [1.165, 1.54) is 6.42 Å². The normalized spacial score (nSPS) is 20.2. The van der Waals surface area contributed by atoms with Gasteiger partial charge in [0.1, 0.15) is 11.5 Å². The van der Waals surface area contributed by atoms with Gasteiger partial charge in [-0.2, -0.15) is 0 Å². The molecule has 172 valence electrons. The van der Waals surface area contributed by atoms with Crippen LogP contribution in [0.5, 0.6) is 11.5 Å². The number of ether oxygens (including phenoxy) is 2. The number of hydrogen-bond donors (Lipinski definition) is 1. The van der Waals surface area contributed by atoms with E-state index in [1.807, 2.05) is 49.4 Å². The minimum Gasteiger partial charge on any atom is -0.497 e. The fourth-order valence-corrected chi connectivity index (χ4v) is 5.97. The zero-order chi connectivity index (χ0) is 23.2. The van der Waals surface area contributed by atoms with Gasteiger partial charge in [0.25, 0.3) is 5.91 Å². The molecule has 1 N–H and O–H groups in total. The highest BCUT2D eigenvalue weighted by atomic mass is 28.1. The molecule has 0 spiro atoms. The molecule has 1 amide bonds. The SMILES string of the molecule is COc1cc(C2(NC(=O)c3cc(O[C@@H]([SiH3])[C@@H]4CCN4C)ccc3C)CC2)c2ncccc2c1. The maximum absolute atomic E-state index is 13.5. The second kappa shape index (κ2) is 8.46. The average Bonchev–Trinajstić information content (AvgIpc) is 3.58. The number of rotatable bonds is 7. The first kappa shape index (κ1) is 21.9. The van der Waals surface area contributed by atoms with Crippen LogP contribution < -0.4 is 14.8 Å². The Hall–Kier alpha value is -2.90. The summed E-state index contributed by atoms with van der Waals surface area (Å²) < 4.78 is 11.8. The highest BCUT2D eigenvalue weighted by Crippen LogP contribution is 2.49. The molecule has 33 heavy (non-hydrogen) atoms. The van der Waals surface area contributed by atoms with Crippen LogP contribution >= 0.6 is 0 Å². The Morgan fingerprint density at radius 3 is 2.73 bits per heavy atom. The summed E-state index contributed by atoms with van der Waals surface area (Å²) in [7, 11) is 4.75. The highest BCUT2D eigenvalue weighted by molar-refractivity contribution is 6.11. The number of nitrogens with zero attached hydrogens (tertiary/aromatic N) is 2. The first-order valence-corrected chi connectivity index (χ1v) is 12.8. The molecule has 1 saturated carbocycles. The van der Waals surface area contributed by atoms with Crippen molar-refractivity contribution in [1.29, 1.82) is 0 Å². The number of methoxy groups -OCH3 is 1. The van der Waals surface area contributed by atoms with E-state index in [9.17, 15) is 4.79 Å². The summed E-state index contributed by atoms with van der Waals surface area (Å²) in [6.07, 6.45) is 4.73. The Balaban J connectivity index is 1.40. The van der Waals surface area contributed by atoms with Crippen LogP contribution in [0.15, 0.2) is 48.7 Å². The van der Waals surface area contributed by atoms with Gasteiger partial charge in [0.05, 0.1) is 34.1 Å². The van der Waals surface area contributed by atoms with Gasteiger partial charge in [-0.15, -0.1) is 0 Å². The number of aromatic nitrogens is 1. The number of likely N-dealkylation sites (tertiary alicyclic amines) is 1. The lowest BCUT2D eigenvalue weighted by Gasteiger charge is -2.41. The van der Waals surface area contributed by atoms with Gasteiger partial charge in [-0.05, 0) is 75.7 Å². The molecule has 1 aromatic heterocycles. The molecule has 2 aliphatic rings. The number of carbonyl (C=O) groups excluding carboxylic acids is 1. The van der Waals surface area contributed by atoms with Gasteiger partial charge in [0, 0.05) is 28.8 Å². The molecule has 1 aliphatic carbocycles. The summed E-state index contributed by atoms with van der Waals surface area (Å²) in [5.41, 5.74) is 3.32. The van der Waals surface area contributed by atoms with E-state index < -0.39 is 5.54 Å². The minimum atomic E-state index is -0.420. The van der Waals surface area contributed by atoms with E-state index in [4.69, 9.17) is 9.47 Å². The van der Waals surface area contributed by atoms with Crippen LogP contribution in [0.2, 0.25) is 0 Å². The second-order valence-corrected chi connectivity index (χ2v) is 10.6. The zero-order valence-corrected chi connectivity index (χ0v) is 21.7. The van der Waals surface area contributed by atoms with Crippen molar-refractivity contribution in [3.8, 4) is 11.5 Å². The molecule has 1 saturated heterocycles. The fourth-order valence-electron chi connectivity index (χ4n) is 4.86. The van der Waals surface area contributed by atoms with Crippen LogP contribution in [0.3, 0.4) is 0 Å². The van der Waals surface area contributed by atoms with Crippen molar-refractivity contribution >= 4 is 27.1 Å². The molecule has 0 unspecified atom stereocenters. The molecular weight excluding hydrogens is 430 g/mol. The summed E-state index contributed by atoms with van der Waals surface area (Å²) in [6, 6.07) is 14.3. The van der Waals surface area contributed by atoms with Crippen LogP contribution in [-0.4, -0.2) is 58.5 Å². The monoisotopic (exact) mass is 461 g/mol. The predicted molar refractivity (Wildman–Crippen MR) is 133 cm³/mol. The molecule has 2 atom stereocenters. The molecule has 7 heteroatoms. The van der Waals surface area contributed by atoms with Crippen molar-refractivity contribution in [3.05, 3.63) is 65.4 Å². The van der Waals surface area contributed by atoms with E-state index in [0.717, 1.165) is 63.2 Å². The molecule has 2 aromatic carbocycles. The van der Waals surface area contributed by atoms with Crippen molar-refractivity contribution in [3.63, 3.8) is 0 Å². The lowest BCUT2D eigenvalue weighted by molar-refractivity contribution is 0.0562. The minimum absolute atomic E-state index is 0.0759. The van der Waals surface area contributed by atoms with Gasteiger partial charge in [0.15, 0.2) is 0 Å². The average molecular weight is 462 g/mol. The van der Waals surface area contributed by atoms with Crippen LogP contribution in [0.1, 0.15) is 40.7 Å². The highest BCUT2D eigenvalue weighted by Gasteiger charge is 2.47. The summed E-state index contributed by atoms with van der Waals surface area (Å²) in [6.45, 7) is 3.10. The Labute approximate surface area is 197 Å². The molecule has 6 nitrogen and oxygen atoms in total. The number of benzene rings is 2. The van der Waals surface area contributed by atoms with Gasteiger partial charge < -0.3 is 19.7 Å². The Morgan fingerprint density at radius 2 is 2.06 bits per heavy atom. The van der Waals surface area contributed by atoms with Crippen molar-refractivity contribution in [2.75, 3.05) is 20.7 Å². The van der Waals surface area contributed by atoms with E-state index in [2.05, 4.69) is 22.2 Å². The van der Waals surface area contributed by atoms with E-state index >= 15 is 0 Å². The first-order valence-electron chi connectivity index (χ1n) is 11.6. The number of pyridine rings is 1. The summed E-state index contributed by atoms with van der Waals surface area (Å²) in [5.74, 6) is 1.47. The number of nitrogens with one attached hydrogen (secondary N) is 1. The third kappa shape index (κ3) is 4.11. The van der Waals surface area contributed by atoms with E-state index in [-0.39, 0.29) is 11.6 Å². The Morgan fingerprint density at radius 1 is 1.24 bits per heavy atom. The van der Waals surface area contributed by atoms with Crippen LogP contribution in [0, 0.1) is 6.92 Å². The van der Waals surface area contributed by atoms with Crippen molar-refractivity contribution in [1.82, 2.24) is 15.2 Å². The van der Waals surface area contributed by atoms with Crippen LogP contribution in [0.25, 0.3) is 10.9 Å². The summed E-state index contributed by atoms with van der Waals surface area (Å²) in [5, 5.41) is 4.34. The number of amides is 1. The quantitative estimate of drug-likeness (QED) is 0.548. The molecular formula is C26H31N3O3Si. The van der Waals surface area contributed by atoms with Crippen molar-refractivity contribution in [2.24, 2.45) is 0 Å². The third-order valence-corrected chi connectivity index (χ3v) is 8.20. The van der Waals surface area contributed by atoms with Crippen molar-refractivity contribution in [2.45, 2.75) is 43.5 Å². The number of likely N-dealkylation sites (N-methyl/N-ethyl adjacent to an activating group) is 1. The van der Waals surface area contributed by atoms with Gasteiger partial charge in [-0.25, -0.2) is 0 Å². The first-order chi connectivity index (χ1) is 15.9. The second-order valence-electron chi connectivity index (χ2n) is 9.42. The number of carbonyl (C=O) groups is 1. The molecule has 2 fully saturated rings. The van der Waals surface area contributed by atoms with Gasteiger partial charge in [-0.3, -0.25) is 9.78 Å². The van der Waals surface area contributed by atoms with Gasteiger partial charge in [-0.1, -0.05) is 12.1 Å². The Bertz CT molecular complexity index is 1210. The number of aryl methyl sites for hydroxylation is 1. The smallest absolute Gasteiger partial charge is 0.252 e.